The van der Waals surface area contributed by atoms with Gasteiger partial charge in [-0.25, -0.2) is 0 Å². The highest BCUT2D eigenvalue weighted by Crippen LogP contribution is 2.09. The van der Waals surface area contributed by atoms with Crippen molar-refractivity contribution < 1.29 is 0 Å². The van der Waals surface area contributed by atoms with E-state index in [1.807, 2.05) is 6.07 Å². The Labute approximate surface area is 99.0 Å². The van der Waals surface area contributed by atoms with Crippen molar-refractivity contribution in [3.8, 4) is 0 Å². The zero-order chi connectivity index (χ0) is 11.8. The molecule has 0 saturated heterocycles. The lowest BCUT2D eigenvalue weighted by Gasteiger charge is -1.98. The Morgan fingerprint density at radius 2 is 1.88 bits per heavy atom. The van der Waals surface area contributed by atoms with Crippen LogP contribution in [0.25, 0.3) is 6.08 Å². The third-order valence-electron chi connectivity index (χ3n) is 2.29. The van der Waals surface area contributed by atoms with Crippen molar-refractivity contribution in [2.24, 2.45) is 0 Å². The third-order valence-corrected chi connectivity index (χ3v) is 2.29. The van der Waals surface area contributed by atoms with Gasteiger partial charge >= 0.3 is 0 Å². The predicted molar refractivity (Wildman–Crippen MR) is 73.3 cm³/mol. The van der Waals surface area contributed by atoms with Crippen molar-refractivity contribution in [2.75, 3.05) is 0 Å². The summed E-state index contributed by atoms with van der Waals surface area (Å²) in [5.41, 5.74) is 3.87. The van der Waals surface area contributed by atoms with Crippen LogP contribution in [0.15, 0.2) is 60.2 Å². The van der Waals surface area contributed by atoms with E-state index in [1.165, 1.54) is 16.7 Å². The molecule has 16 heavy (non-hydrogen) atoms. The maximum Gasteiger partial charge on any atom is -0.0117 e. The minimum Gasteiger partial charge on any atom is -0.0998 e. The van der Waals surface area contributed by atoms with E-state index >= 15 is 0 Å². The Balaban J connectivity index is 2.41. The number of hydrogen-bond donors (Lipinski definition) is 0. The van der Waals surface area contributed by atoms with Crippen LogP contribution < -0.4 is 0 Å². The Kier molecular flexibility index (Phi) is 5.35. The van der Waals surface area contributed by atoms with Crippen LogP contribution in [0.4, 0.5) is 0 Å². The lowest BCUT2D eigenvalue weighted by Crippen LogP contribution is -1.77. The van der Waals surface area contributed by atoms with Crippen LogP contribution >= 0.6 is 0 Å². The van der Waals surface area contributed by atoms with Crippen molar-refractivity contribution in [3.63, 3.8) is 0 Å². The summed E-state index contributed by atoms with van der Waals surface area (Å²) in [7, 11) is 0. The number of rotatable bonds is 5. The molecule has 84 valence electrons. The second-order valence-corrected chi connectivity index (χ2v) is 4.23. The van der Waals surface area contributed by atoms with Gasteiger partial charge in [-0.3, -0.25) is 0 Å². The van der Waals surface area contributed by atoms with E-state index in [-0.39, 0.29) is 0 Å². The number of hydrogen-bond acceptors (Lipinski definition) is 0. The molecule has 0 atom stereocenters. The molecule has 0 fully saturated rings. The van der Waals surface area contributed by atoms with Crippen molar-refractivity contribution in [1.82, 2.24) is 0 Å². The maximum atomic E-state index is 3.91. The average molecular weight is 212 g/mol. The monoisotopic (exact) mass is 212 g/mol. The van der Waals surface area contributed by atoms with Crippen LogP contribution in [-0.4, -0.2) is 0 Å². The molecule has 1 rings (SSSR count). The largest absolute Gasteiger partial charge is 0.0998 e. The molecule has 0 aliphatic rings. The van der Waals surface area contributed by atoms with E-state index in [9.17, 15) is 0 Å². The fourth-order valence-electron chi connectivity index (χ4n) is 1.59. The summed E-state index contributed by atoms with van der Waals surface area (Å²) in [5, 5.41) is 0. The molecule has 0 amide bonds. The molecular weight excluding hydrogens is 192 g/mol. The fourth-order valence-corrected chi connectivity index (χ4v) is 1.59. The lowest BCUT2D eigenvalue weighted by molar-refractivity contribution is 1.10. The molecule has 0 aromatic heterocycles. The van der Waals surface area contributed by atoms with Crippen molar-refractivity contribution in [1.29, 1.82) is 0 Å². The van der Waals surface area contributed by atoms with Crippen molar-refractivity contribution in [3.05, 3.63) is 65.8 Å². The van der Waals surface area contributed by atoms with Crippen LogP contribution in [0, 0.1) is 0 Å². The van der Waals surface area contributed by atoms with Crippen LogP contribution in [0.2, 0.25) is 0 Å². The van der Waals surface area contributed by atoms with Crippen molar-refractivity contribution >= 4 is 6.08 Å². The molecule has 0 bridgehead atoms. The van der Waals surface area contributed by atoms with Gasteiger partial charge in [-0.15, -0.1) is 0 Å². The summed E-state index contributed by atoms with van der Waals surface area (Å²) in [6.07, 6.45) is 8.61. The van der Waals surface area contributed by atoms with Gasteiger partial charge in [0, 0.05) is 0 Å². The predicted octanol–water partition coefficient (Wildman–Crippen LogP) is 5.00. The molecule has 1 aromatic carbocycles. The van der Waals surface area contributed by atoms with Gasteiger partial charge in [-0.1, -0.05) is 66.3 Å². The molecule has 0 nitrogen and oxygen atoms in total. The highest BCUT2D eigenvalue weighted by atomic mass is 13.9. The summed E-state index contributed by atoms with van der Waals surface area (Å²) >= 11 is 0. The summed E-state index contributed by atoms with van der Waals surface area (Å²) < 4.78 is 0. The molecule has 0 heteroatoms. The Morgan fingerprint density at radius 3 is 2.50 bits per heavy atom. The van der Waals surface area contributed by atoms with E-state index in [0.717, 1.165) is 12.8 Å². The number of benzene rings is 1. The SMILES string of the molecule is C=C(C)C/C(C)=C/C/C=C\c1ccccc1. The third kappa shape index (κ3) is 5.35. The second-order valence-electron chi connectivity index (χ2n) is 4.23. The minimum absolute atomic E-state index is 0.994. The smallest absolute Gasteiger partial charge is 0.0117 e. The molecule has 0 saturated carbocycles. The van der Waals surface area contributed by atoms with Gasteiger partial charge in [-0.2, -0.15) is 0 Å². The maximum absolute atomic E-state index is 3.91. The highest BCUT2D eigenvalue weighted by molar-refractivity contribution is 5.48. The molecule has 0 spiro atoms. The Bertz CT molecular complexity index is 380. The molecule has 0 unspecified atom stereocenters. The van der Waals surface area contributed by atoms with Gasteiger partial charge in [-0.05, 0) is 32.3 Å². The molecule has 0 aliphatic heterocycles. The Morgan fingerprint density at radius 1 is 1.19 bits per heavy atom. The summed E-state index contributed by atoms with van der Waals surface area (Å²) in [5.74, 6) is 0. The van der Waals surface area contributed by atoms with Crippen LogP contribution in [0.5, 0.6) is 0 Å². The van der Waals surface area contributed by atoms with E-state index < -0.39 is 0 Å². The van der Waals surface area contributed by atoms with Gasteiger partial charge in [0.05, 0.1) is 0 Å². The molecular formula is C16H20. The van der Waals surface area contributed by atoms with E-state index in [1.54, 1.807) is 0 Å². The van der Waals surface area contributed by atoms with Gasteiger partial charge in [0.2, 0.25) is 0 Å². The van der Waals surface area contributed by atoms with Gasteiger partial charge in [0.25, 0.3) is 0 Å². The fraction of sp³-hybridized carbons (Fsp3) is 0.250. The first kappa shape index (κ1) is 12.5. The molecule has 0 radical (unpaired) electrons. The molecule has 0 N–H and O–H groups in total. The zero-order valence-electron chi connectivity index (χ0n) is 10.2. The summed E-state index contributed by atoms with van der Waals surface area (Å²) in [4.78, 5) is 0. The van der Waals surface area contributed by atoms with Crippen LogP contribution in [0.3, 0.4) is 0 Å². The van der Waals surface area contributed by atoms with Crippen LogP contribution in [0.1, 0.15) is 32.3 Å². The van der Waals surface area contributed by atoms with Crippen molar-refractivity contribution in [2.45, 2.75) is 26.7 Å². The van der Waals surface area contributed by atoms with E-state index in [0.29, 0.717) is 0 Å². The second kappa shape index (κ2) is 6.84. The molecule has 0 aliphatic carbocycles. The molecule has 0 heterocycles. The van der Waals surface area contributed by atoms with Crippen LogP contribution in [-0.2, 0) is 0 Å². The van der Waals surface area contributed by atoms with E-state index in [2.05, 4.69) is 62.9 Å². The minimum atomic E-state index is 0.994. The van der Waals surface area contributed by atoms with E-state index in [4.69, 9.17) is 0 Å². The van der Waals surface area contributed by atoms with Gasteiger partial charge in [0.1, 0.15) is 0 Å². The van der Waals surface area contributed by atoms with Gasteiger partial charge in [0.15, 0.2) is 0 Å². The normalized spacial score (nSPS) is 12.0. The first-order valence-corrected chi connectivity index (χ1v) is 5.70. The standard InChI is InChI=1S/C16H20/c1-14(2)13-15(3)9-7-8-12-16-10-5-4-6-11-16/h4-6,8-12H,1,7,13H2,2-3H3/b12-8-,15-9+. The average Bonchev–Trinajstić information content (AvgIpc) is 2.25. The highest BCUT2D eigenvalue weighted by Gasteiger charge is 1.88. The molecule has 1 aromatic rings. The summed E-state index contributed by atoms with van der Waals surface area (Å²) in [6.45, 7) is 8.14. The first-order valence-electron chi connectivity index (χ1n) is 5.70. The van der Waals surface area contributed by atoms with Gasteiger partial charge < -0.3 is 0 Å². The Hall–Kier alpha value is -1.56. The lowest BCUT2D eigenvalue weighted by atomic mass is 10.1. The summed E-state index contributed by atoms with van der Waals surface area (Å²) in [6, 6.07) is 10.4. The number of allylic oxidation sites excluding steroid dienone is 4. The topological polar surface area (TPSA) is 0 Å². The quantitative estimate of drug-likeness (QED) is 0.602. The first-order chi connectivity index (χ1) is 7.68. The zero-order valence-corrected chi connectivity index (χ0v) is 10.2.